The number of ketones is 1. The smallest absolute Gasteiger partial charge is 0.221 e. The first-order valence-electron chi connectivity index (χ1n) is 8.04. The van der Waals surface area contributed by atoms with Crippen molar-refractivity contribution in [2.45, 2.75) is 6.92 Å². The van der Waals surface area contributed by atoms with Crippen LogP contribution in [0.25, 0.3) is 22.3 Å². The van der Waals surface area contributed by atoms with Gasteiger partial charge in [-0.3, -0.25) is 9.20 Å². The van der Waals surface area contributed by atoms with Gasteiger partial charge in [-0.1, -0.05) is 0 Å². The molecule has 26 heavy (non-hydrogen) atoms. The van der Waals surface area contributed by atoms with Gasteiger partial charge in [0.25, 0.3) is 0 Å². The number of nitrogens with zero attached hydrogens (tertiary/aromatic N) is 2. The highest BCUT2D eigenvalue weighted by molar-refractivity contribution is 7.17. The molecular formula is C20H16N2O3S. The lowest BCUT2D eigenvalue weighted by Gasteiger charge is -2.03. The SMILES string of the molecule is COc1ccc(-c2nc3sc(C)cn3c2C=CC(=O)c2ccco2)cc1. The predicted molar refractivity (Wildman–Crippen MR) is 102 cm³/mol. The molecule has 4 aromatic rings. The van der Waals surface area contributed by atoms with Crippen LogP contribution in [0.4, 0.5) is 0 Å². The lowest BCUT2D eigenvalue weighted by Crippen LogP contribution is -1.92. The zero-order valence-electron chi connectivity index (χ0n) is 14.3. The Morgan fingerprint density at radius 1 is 1.27 bits per heavy atom. The van der Waals surface area contributed by atoms with Crippen molar-refractivity contribution < 1.29 is 13.9 Å². The first-order valence-corrected chi connectivity index (χ1v) is 8.86. The van der Waals surface area contributed by atoms with Crippen molar-refractivity contribution in [3.05, 3.63) is 71.3 Å². The third-order valence-corrected chi connectivity index (χ3v) is 4.90. The van der Waals surface area contributed by atoms with E-state index in [4.69, 9.17) is 14.1 Å². The van der Waals surface area contributed by atoms with E-state index in [1.165, 1.54) is 12.3 Å². The van der Waals surface area contributed by atoms with Gasteiger partial charge >= 0.3 is 0 Å². The third kappa shape index (κ3) is 2.95. The number of fused-ring (bicyclic) bond motifs is 1. The number of furan rings is 1. The van der Waals surface area contributed by atoms with E-state index in [-0.39, 0.29) is 5.78 Å². The molecule has 3 aromatic heterocycles. The molecule has 3 heterocycles. The predicted octanol–water partition coefficient (Wildman–Crippen LogP) is 4.87. The molecule has 0 N–H and O–H groups in total. The van der Waals surface area contributed by atoms with Crippen LogP contribution in [0.5, 0.6) is 5.75 Å². The highest BCUT2D eigenvalue weighted by Crippen LogP contribution is 2.30. The molecular weight excluding hydrogens is 348 g/mol. The highest BCUT2D eigenvalue weighted by Gasteiger charge is 2.15. The van der Waals surface area contributed by atoms with Crippen LogP contribution in [-0.2, 0) is 0 Å². The number of ether oxygens (including phenoxy) is 1. The summed E-state index contributed by atoms with van der Waals surface area (Å²) in [5.74, 6) is 0.919. The Hall–Kier alpha value is -3.12. The maximum Gasteiger partial charge on any atom is 0.221 e. The molecule has 0 saturated carbocycles. The number of benzene rings is 1. The molecule has 4 rings (SSSR count). The van der Waals surface area contributed by atoms with Crippen molar-refractivity contribution in [2.75, 3.05) is 7.11 Å². The zero-order chi connectivity index (χ0) is 18.1. The molecule has 1 aromatic carbocycles. The van der Waals surface area contributed by atoms with E-state index < -0.39 is 0 Å². The number of methoxy groups -OCH3 is 1. The number of hydrogen-bond donors (Lipinski definition) is 0. The van der Waals surface area contributed by atoms with E-state index in [0.717, 1.165) is 32.5 Å². The third-order valence-electron chi connectivity index (χ3n) is 4.00. The number of aryl methyl sites for hydroxylation is 1. The summed E-state index contributed by atoms with van der Waals surface area (Å²) in [7, 11) is 1.64. The minimum absolute atomic E-state index is 0.183. The maximum absolute atomic E-state index is 12.2. The molecule has 0 unspecified atom stereocenters. The van der Waals surface area contributed by atoms with Gasteiger partial charge in [0.1, 0.15) is 5.75 Å². The lowest BCUT2D eigenvalue weighted by atomic mass is 10.1. The molecule has 130 valence electrons. The number of carbonyl (C=O) groups excluding carboxylic acids is 1. The van der Waals surface area contributed by atoms with Gasteiger partial charge in [-0.05, 0) is 55.5 Å². The Bertz CT molecular complexity index is 1090. The second kappa shape index (κ2) is 6.65. The number of carbonyl (C=O) groups is 1. The molecule has 0 aliphatic heterocycles. The molecule has 0 amide bonds. The van der Waals surface area contributed by atoms with E-state index in [1.54, 1.807) is 36.7 Å². The van der Waals surface area contributed by atoms with Crippen LogP contribution < -0.4 is 4.74 Å². The average molecular weight is 364 g/mol. The normalized spacial score (nSPS) is 11.5. The average Bonchev–Trinajstić information content (AvgIpc) is 3.36. The summed E-state index contributed by atoms with van der Waals surface area (Å²) in [6, 6.07) is 11.1. The van der Waals surface area contributed by atoms with Crippen molar-refractivity contribution in [1.29, 1.82) is 0 Å². The van der Waals surface area contributed by atoms with E-state index in [0.29, 0.717) is 5.76 Å². The van der Waals surface area contributed by atoms with Crippen molar-refractivity contribution in [2.24, 2.45) is 0 Å². The number of hydrogen-bond acceptors (Lipinski definition) is 5. The lowest BCUT2D eigenvalue weighted by molar-refractivity contribution is 0.102. The fraction of sp³-hybridized carbons (Fsp3) is 0.100. The van der Waals surface area contributed by atoms with Gasteiger partial charge in [-0.25, -0.2) is 4.98 Å². The molecule has 0 bridgehead atoms. The minimum Gasteiger partial charge on any atom is -0.497 e. The molecule has 0 spiro atoms. The number of rotatable bonds is 5. The number of allylic oxidation sites excluding steroid dienone is 1. The molecule has 0 saturated heterocycles. The molecule has 0 aliphatic rings. The van der Waals surface area contributed by atoms with Crippen LogP contribution in [0.2, 0.25) is 0 Å². The Labute approximate surface area is 154 Å². The molecule has 5 nitrogen and oxygen atoms in total. The fourth-order valence-corrected chi connectivity index (χ4v) is 3.58. The van der Waals surface area contributed by atoms with Crippen molar-refractivity contribution in [1.82, 2.24) is 9.38 Å². The van der Waals surface area contributed by atoms with Crippen molar-refractivity contribution in [3.63, 3.8) is 0 Å². The van der Waals surface area contributed by atoms with E-state index in [9.17, 15) is 4.79 Å². The Kier molecular flexibility index (Phi) is 4.18. The van der Waals surface area contributed by atoms with Crippen LogP contribution in [-0.4, -0.2) is 22.3 Å². The van der Waals surface area contributed by atoms with E-state index in [1.807, 2.05) is 41.8 Å². The minimum atomic E-state index is -0.183. The quantitative estimate of drug-likeness (QED) is 0.374. The second-order valence-electron chi connectivity index (χ2n) is 5.74. The summed E-state index contributed by atoms with van der Waals surface area (Å²) in [5, 5.41) is 0. The molecule has 0 radical (unpaired) electrons. The van der Waals surface area contributed by atoms with Crippen LogP contribution >= 0.6 is 11.3 Å². The Balaban J connectivity index is 1.79. The summed E-state index contributed by atoms with van der Waals surface area (Å²) < 4.78 is 12.4. The van der Waals surface area contributed by atoms with E-state index in [2.05, 4.69) is 0 Å². The van der Waals surface area contributed by atoms with Gasteiger partial charge in [-0.2, -0.15) is 0 Å². The molecule has 0 atom stereocenters. The van der Waals surface area contributed by atoms with Gasteiger partial charge in [0.2, 0.25) is 5.78 Å². The largest absolute Gasteiger partial charge is 0.497 e. The summed E-state index contributed by atoms with van der Waals surface area (Å²) >= 11 is 1.61. The van der Waals surface area contributed by atoms with Crippen molar-refractivity contribution in [3.8, 4) is 17.0 Å². The van der Waals surface area contributed by atoms with Gasteiger partial charge in [0, 0.05) is 16.6 Å². The second-order valence-corrected chi connectivity index (χ2v) is 6.96. The summed E-state index contributed by atoms with van der Waals surface area (Å²) in [6.45, 7) is 2.04. The van der Waals surface area contributed by atoms with Gasteiger partial charge < -0.3 is 9.15 Å². The van der Waals surface area contributed by atoms with Crippen LogP contribution in [0.1, 0.15) is 21.1 Å². The standard InChI is InChI=1S/C20H16N2O3S/c1-13-12-22-16(9-10-17(23)18-4-3-11-25-18)19(21-20(22)26-13)14-5-7-15(24-2)8-6-14/h3-12H,1-2H3. The summed E-state index contributed by atoms with van der Waals surface area (Å²) in [6.07, 6.45) is 6.82. The molecule has 6 heteroatoms. The first kappa shape index (κ1) is 16.4. The van der Waals surface area contributed by atoms with Crippen molar-refractivity contribution >= 4 is 28.2 Å². The summed E-state index contributed by atoms with van der Waals surface area (Å²) in [5.41, 5.74) is 2.64. The van der Waals surface area contributed by atoms with Gasteiger partial charge in [0.15, 0.2) is 10.7 Å². The highest BCUT2D eigenvalue weighted by atomic mass is 32.1. The van der Waals surface area contributed by atoms with E-state index >= 15 is 0 Å². The van der Waals surface area contributed by atoms with Crippen LogP contribution in [0.15, 0.2) is 59.4 Å². The number of thiazole rings is 1. The maximum atomic E-state index is 12.2. The summed E-state index contributed by atoms with van der Waals surface area (Å²) in [4.78, 5) is 19.0. The van der Waals surface area contributed by atoms with Crippen LogP contribution in [0, 0.1) is 6.92 Å². The van der Waals surface area contributed by atoms with Gasteiger partial charge in [-0.15, -0.1) is 11.3 Å². The molecule has 0 fully saturated rings. The van der Waals surface area contributed by atoms with Gasteiger partial charge in [0.05, 0.1) is 24.8 Å². The first-order chi connectivity index (χ1) is 12.7. The Morgan fingerprint density at radius 3 is 2.77 bits per heavy atom. The fourth-order valence-electron chi connectivity index (χ4n) is 2.75. The number of aromatic nitrogens is 2. The topological polar surface area (TPSA) is 56.7 Å². The zero-order valence-corrected chi connectivity index (χ0v) is 15.1. The number of imidazole rings is 1. The molecule has 0 aliphatic carbocycles. The van der Waals surface area contributed by atoms with Crippen LogP contribution in [0.3, 0.4) is 0 Å². The monoisotopic (exact) mass is 364 g/mol. The Morgan fingerprint density at radius 2 is 2.08 bits per heavy atom.